The molecule has 3 aromatic rings. The number of hydrogen-bond acceptors (Lipinski definition) is 3. The Labute approximate surface area is 132 Å². The number of para-hydroxylation sites is 1. The third kappa shape index (κ3) is 3.15. The lowest BCUT2D eigenvalue weighted by atomic mass is 10.1. The van der Waals surface area contributed by atoms with Crippen molar-refractivity contribution in [1.82, 2.24) is 9.99 Å². The zero-order chi connectivity index (χ0) is 15.4. The molecule has 0 aliphatic carbocycles. The van der Waals surface area contributed by atoms with Crippen molar-refractivity contribution in [2.24, 2.45) is 5.10 Å². The highest BCUT2D eigenvalue weighted by Gasteiger charge is 2.10. The van der Waals surface area contributed by atoms with Crippen LogP contribution in [0.15, 0.2) is 66.0 Å². The van der Waals surface area contributed by atoms with E-state index >= 15 is 0 Å². The molecule has 0 saturated heterocycles. The molecule has 0 bridgehead atoms. The van der Waals surface area contributed by atoms with Crippen molar-refractivity contribution in [1.29, 1.82) is 0 Å². The Morgan fingerprint density at radius 1 is 1.14 bits per heavy atom. The van der Waals surface area contributed by atoms with Crippen LogP contribution in [0, 0.1) is 6.92 Å². The predicted molar refractivity (Wildman–Crippen MR) is 89.9 cm³/mol. The van der Waals surface area contributed by atoms with E-state index in [0.29, 0.717) is 5.56 Å². The minimum atomic E-state index is -0.228. The lowest BCUT2D eigenvalue weighted by Crippen LogP contribution is -2.19. The van der Waals surface area contributed by atoms with E-state index in [9.17, 15) is 4.79 Å². The van der Waals surface area contributed by atoms with E-state index in [1.54, 1.807) is 23.6 Å². The van der Waals surface area contributed by atoms with Crippen molar-refractivity contribution in [2.75, 3.05) is 0 Å². The van der Waals surface area contributed by atoms with Crippen LogP contribution in [0.5, 0.6) is 0 Å². The molecule has 3 rings (SSSR count). The smallest absolute Gasteiger partial charge is 0.273 e. The Bertz CT molecular complexity index is 803. The maximum absolute atomic E-state index is 12.3. The molecule has 1 N–H and O–H groups in total. The van der Waals surface area contributed by atoms with Crippen molar-refractivity contribution in [3.8, 4) is 5.69 Å². The first-order valence-corrected chi connectivity index (χ1v) is 7.68. The summed E-state index contributed by atoms with van der Waals surface area (Å²) in [5.41, 5.74) is 3.99. The van der Waals surface area contributed by atoms with Crippen LogP contribution in [0.4, 0.5) is 0 Å². The van der Waals surface area contributed by atoms with Gasteiger partial charge in [-0.05, 0) is 43.3 Å². The Morgan fingerprint density at radius 3 is 2.64 bits per heavy atom. The van der Waals surface area contributed by atoms with E-state index < -0.39 is 0 Å². The van der Waals surface area contributed by atoms with Crippen LogP contribution in [0.2, 0.25) is 0 Å². The molecule has 0 aliphatic heterocycles. The molecule has 110 valence electrons. The third-order valence-electron chi connectivity index (χ3n) is 3.15. The van der Waals surface area contributed by atoms with Crippen LogP contribution in [0.1, 0.15) is 20.1 Å². The Kier molecular flexibility index (Phi) is 4.16. The number of amides is 1. The molecule has 2 aromatic heterocycles. The van der Waals surface area contributed by atoms with Crippen LogP contribution in [0.25, 0.3) is 5.69 Å². The minimum absolute atomic E-state index is 0.228. The molecule has 0 saturated carbocycles. The van der Waals surface area contributed by atoms with Gasteiger partial charge in [-0.1, -0.05) is 12.1 Å². The number of benzene rings is 1. The number of hydrogen-bond donors (Lipinski definition) is 1. The first-order valence-electron chi connectivity index (χ1n) is 6.86. The molecule has 5 heteroatoms. The Balaban J connectivity index is 1.77. The third-order valence-corrected chi connectivity index (χ3v) is 4.09. The second-order valence-electron chi connectivity index (χ2n) is 4.76. The highest BCUT2D eigenvalue weighted by atomic mass is 32.1. The van der Waals surface area contributed by atoms with E-state index in [1.165, 1.54) is 4.88 Å². The number of carbonyl (C=O) groups excluding carboxylic acids is 1. The van der Waals surface area contributed by atoms with Gasteiger partial charge in [0.25, 0.3) is 5.91 Å². The second kappa shape index (κ2) is 6.41. The molecule has 0 aliphatic rings. The maximum Gasteiger partial charge on any atom is 0.273 e. The summed E-state index contributed by atoms with van der Waals surface area (Å²) in [6.45, 7) is 2.04. The normalized spacial score (nSPS) is 11.0. The lowest BCUT2D eigenvalue weighted by molar-refractivity contribution is 0.0955. The summed E-state index contributed by atoms with van der Waals surface area (Å²) in [4.78, 5) is 14.5. The molecule has 1 amide bonds. The fourth-order valence-electron chi connectivity index (χ4n) is 2.12. The summed E-state index contributed by atoms with van der Waals surface area (Å²) < 4.78 is 1.90. The van der Waals surface area contributed by atoms with Crippen LogP contribution >= 0.6 is 11.3 Å². The van der Waals surface area contributed by atoms with Gasteiger partial charge in [0, 0.05) is 22.1 Å². The number of carbonyl (C=O) groups is 1. The summed E-state index contributed by atoms with van der Waals surface area (Å²) in [5.74, 6) is -0.228. The molecule has 22 heavy (non-hydrogen) atoms. The Hall–Kier alpha value is -2.66. The van der Waals surface area contributed by atoms with Gasteiger partial charge in [0.05, 0.1) is 17.5 Å². The number of nitrogens with one attached hydrogen (secondary N) is 1. The molecule has 4 nitrogen and oxygen atoms in total. The molecular formula is C17H15N3OS. The fraction of sp³-hybridized carbons (Fsp3) is 0.0588. The highest BCUT2D eigenvalue weighted by molar-refractivity contribution is 7.13. The number of thiophene rings is 1. The minimum Gasteiger partial charge on any atom is -0.323 e. The van der Waals surface area contributed by atoms with Crippen LogP contribution in [-0.4, -0.2) is 16.7 Å². The maximum atomic E-state index is 12.3. The molecule has 0 unspecified atom stereocenters. The van der Waals surface area contributed by atoms with E-state index in [2.05, 4.69) is 10.5 Å². The molecule has 0 radical (unpaired) electrons. The van der Waals surface area contributed by atoms with Crippen LogP contribution in [-0.2, 0) is 0 Å². The number of hydrazone groups is 1. The fourth-order valence-corrected chi connectivity index (χ4v) is 2.87. The molecule has 1 aromatic carbocycles. The largest absolute Gasteiger partial charge is 0.323 e. The van der Waals surface area contributed by atoms with Gasteiger partial charge in [0.1, 0.15) is 0 Å². The van der Waals surface area contributed by atoms with Gasteiger partial charge in [0.15, 0.2) is 0 Å². The van der Waals surface area contributed by atoms with E-state index in [0.717, 1.165) is 10.6 Å². The van der Waals surface area contributed by atoms with Crippen LogP contribution in [0.3, 0.4) is 0 Å². The molecule has 2 heterocycles. The van der Waals surface area contributed by atoms with Gasteiger partial charge in [0.2, 0.25) is 0 Å². The monoisotopic (exact) mass is 309 g/mol. The SMILES string of the molecule is Cc1ccc(C=NNC(=O)c2ccccc2-n2cccc2)s1. The summed E-state index contributed by atoms with van der Waals surface area (Å²) in [6, 6.07) is 15.3. The number of aryl methyl sites for hydroxylation is 1. The van der Waals surface area contributed by atoms with E-state index in [1.807, 2.05) is 66.3 Å². The second-order valence-corrected chi connectivity index (χ2v) is 6.07. The zero-order valence-electron chi connectivity index (χ0n) is 12.1. The van der Waals surface area contributed by atoms with E-state index in [-0.39, 0.29) is 5.91 Å². The quantitative estimate of drug-likeness (QED) is 0.581. The first-order chi connectivity index (χ1) is 10.7. The average Bonchev–Trinajstić information content (AvgIpc) is 3.19. The van der Waals surface area contributed by atoms with Gasteiger partial charge in [-0.15, -0.1) is 11.3 Å². The summed E-state index contributed by atoms with van der Waals surface area (Å²) >= 11 is 1.63. The molecule has 0 fully saturated rings. The van der Waals surface area contributed by atoms with Crippen molar-refractivity contribution in [2.45, 2.75) is 6.92 Å². The Morgan fingerprint density at radius 2 is 1.91 bits per heavy atom. The van der Waals surface area contributed by atoms with Gasteiger partial charge >= 0.3 is 0 Å². The van der Waals surface area contributed by atoms with Crippen molar-refractivity contribution in [3.05, 3.63) is 76.2 Å². The summed E-state index contributed by atoms with van der Waals surface area (Å²) in [6.07, 6.45) is 5.47. The summed E-state index contributed by atoms with van der Waals surface area (Å²) in [5, 5.41) is 4.03. The number of rotatable bonds is 4. The van der Waals surface area contributed by atoms with E-state index in [4.69, 9.17) is 0 Å². The standard InChI is InChI=1S/C17H15N3OS/c1-13-8-9-14(22-13)12-18-19-17(21)15-6-2-3-7-16(15)20-10-4-5-11-20/h2-12H,1H3,(H,19,21). The average molecular weight is 309 g/mol. The topological polar surface area (TPSA) is 46.4 Å². The zero-order valence-corrected chi connectivity index (χ0v) is 12.9. The molecular weight excluding hydrogens is 294 g/mol. The highest BCUT2D eigenvalue weighted by Crippen LogP contribution is 2.15. The van der Waals surface area contributed by atoms with Gasteiger partial charge < -0.3 is 4.57 Å². The predicted octanol–water partition coefficient (Wildman–Crippen LogP) is 3.61. The van der Waals surface area contributed by atoms with Crippen LogP contribution < -0.4 is 5.43 Å². The van der Waals surface area contributed by atoms with Crippen molar-refractivity contribution in [3.63, 3.8) is 0 Å². The number of aromatic nitrogens is 1. The first kappa shape index (κ1) is 14.3. The van der Waals surface area contributed by atoms with Gasteiger partial charge in [-0.3, -0.25) is 4.79 Å². The van der Waals surface area contributed by atoms with Gasteiger partial charge in [-0.2, -0.15) is 5.10 Å². The summed E-state index contributed by atoms with van der Waals surface area (Å²) in [7, 11) is 0. The lowest BCUT2D eigenvalue weighted by Gasteiger charge is -2.08. The van der Waals surface area contributed by atoms with Crippen molar-refractivity contribution < 1.29 is 4.79 Å². The van der Waals surface area contributed by atoms with Gasteiger partial charge in [-0.25, -0.2) is 5.43 Å². The number of nitrogens with zero attached hydrogens (tertiary/aromatic N) is 2. The molecule has 0 atom stereocenters. The molecule has 0 spiro atoms. The van der Waals surface area contributed by atoms with Crippen molar-refractivity contribution >= 4 is 23.5 Å².